The third-order valence-electron chi connectivity index (χ3n) is 9.83. The molecule has 0 saturated carbocycles. The first-order chi connectivity index (χ1) is 23.8. The van der Waals surface area contributed by atoms with Gasteiger partial charge >= 0.3 is 0 Å². The van der Waals surface area contributed by atoms with E-state index in [0.29, 0.717) is 0 Å². The molecule has 0 radical (unpaired) electrons. The Morgan fingerprint density at radius 3 is 1.75 bits per heavy atom. The minimum atomic E-state index is 0.108. The quantitative estimate of drug-likeness (QED) is 0.179. The summed E-state index contributed by atoms with van der Waals surface area (Å²) in [6.45, 7) is 0.108. The van der Waals surface area contributed by atoms with Gasteiger partial charge in [-0.3, -0.25) is 0 Å². The second-order valence-corrected chi connectivity index (χ2v) is 13.6. The van der Waals surface area contributed by atoms with E-state index in [-0.39, 0.29) is 6.71 Å². The van der Waals surface area contributed by atoms with Crippen LogP contribution in [0, 0.1) is 0 Å². The summed E-state index contributed by atoms with van der Waals surface area (Å²) in [5.41, 5.74) is 14.9. The summed E-state index contributed by atoms with van der Waals surface area (Å²) in [5, 5.41) is 1.30. The van der Waals surface area contributed by atoms with Gasteiger partial charge in [0.15, 0.2) is 0 Å². The standard InChI is InChI=1S/C44H29BN2S/c1-4-14-30(15-5-1)32-18-12-21-35(28-32)46-38-23-13-24-39-42(38)45(37-27-26-33(29-40(37)46)31-16-6-2-7-17-31)44-43(36-22-10-11-25-41(36)48-44)47(39)34-19-8-3-9-20-34/h1-29H. The summed E-state index contributed by atoms with van der Waals surface area (Å²) >= 11 is 1.94. The van der Waals surface area contributed by atoms with E-state index in [1.165, 1.54) is 76.5 Å². The van der Waals surface area contributed by atoms with Crippen LogP contribution in [0.2, 0.25) is 0 Å². The van der Waals surface area contributed by atoms with E-state index in [1.54, 1.807) is 0 Å². The SMILES string of the molecule is c1ccc(-c2cccc(N3c4cc(-c5ccccc5)ccc4B4c5sc6ccccc6c5N(c5ccccc5)c5cccc3c54)c2)cc1. The lowest BCUT2D eigenvalue weighted by Gasteiger charge is -2.43. The highest BCUT2D eigenvalue weighted by Crippen LogP contribution is 2.48. The summed E-state index contributed by atoms with van der Waals surface area (Å²) in [5.74, 6) is 0. The number of benzene rings is 7. The van der Waals surface area contributed by atoms with Crippen molar-refractivity contribution < 1.29 is 0 Å². The van der Waals surface area contributed by atoms with Gasteiger partial charge in [-0.15, -0.1) is 11.3 Å². The summed E-state index contributed by atoms with van der Waals surface area (Å²) in [6.07, 6.45) is 0. The molecular formula is C44H29BN2S. The fourth-order valence-corrected chi connectivity index (χ4v) is 9.07. The number of thiophene rings is 1. The van der Waals surface area contributed by atoms with Gasteiger partial charge in [0.05, 0.1) is 5.69 Å². The molecule has 2 aliphatic rings. The number of para-hydroxylation sites is 1. The molecule has 48 heavy (non-hydrogen) atoms. The fraction of sp³-hybridized carbons (Fsp3) is 0. The lowest BCUT2D eigenvalue weighted by Crippen LogP contribution is -2.60. The molecule has 4 heteroatoms. The Kier molecular flexibility index (Phi) is 6.18. The van der Waals surface area contributed by atoms with Crippen molar-refractivity contribution in [3.8, 4) is 22.3 Å². The molecule has 0 saturated heterocycles. The summed E-state index contributed by atoms with van der Waals surface area (Å²) in [4.78, 5) is 5.01. The maximum absolute atomic E-state index is 2.51. The average Bonchev–Trinajstić information content (AvgIpc) is 3.55. The molecule has 224 valence electrons. The second kappa shape index (κ2) is 10.9. The van der Waals surface area contributed by atoms with Gasteiger partial charge in [-0.25, -0.2) is 0 Å². The molecule has 0 aliphatic carbocycles. The Morgan fingerprint density at radius 2 is 1.00 bits per heavy atom. The van der Waals surface area contributed by atoms with Gasteiger partial charge in [0, 0.05) is 43.3 Å². The van der Waals surface area contributed by atoms with Crippen LogP contribution < -0.4 is 25.5 Å². The van der Waals surface area contributed by atoms with Crippen molar-refractivity contribution >= 4 is 78.0 Å². The lowest BCUT2D eigenvalue weighted by atomic mass is 9.36. The van der Waals surface area contributed by atoms with E-state index >= 15 is 0 Å². The Balaban J connectivity index is 1.28. The van der Waals surface area contributed by atoms with Crippen LogP contribution in [0.15, 0.2) is 176 Å². The zero-order valence-corrected chi connectivity index (χ0v) is 26.9. The molecule has 0 atom stereocenters. The predicted octanol–water partition coefficient (Wildman–Crippen LogP) is 10.3. The third-order valence-corrected chi connectivity index (χ3v) is 11.1. The van der Waals surface area contributed by atoms with Gasteiger partial charge in [-0.2, -0.15) is 0 Å². The Bertz CT molecular complexity index is 2470. The van der Waals surface area contributed by atoms with Crippen LogP contribution in [0.4, 0.5) is 34.1 Å². The Hall–Kier alpha value is -5.84. The molecule has 0 fully saturated rings. The number of rotatable bonds is 4. The van der Waals surface area contributed by atoms with E-state index in [9.17, 15) is 0 Å². The Morgan fingerprint density at radius 1 is 0.417 bits per heavy atom. The molecule has 2 aliphatic heterocycles. The van der Waals surface area contributed by atoms with E-state index in [4.69, 9.17) is 0 Å². The number of nitrogens with zero attached hydrogens (tertiary/aromatic N) is 2. The van der Waals surface area contributed by atoms with E-state index in [0.717, 1.165) is 5.69 Å². The fourth-order valence-electron chi connectivity index (χ4n) is 7.75. The molecule has 0 bridgehead atoms. The topological polar surface area (TPSA) is 6.48 Å². The summed E-state index contributed by atoms with van der Waals surface area (Å²) in [7, 11) is 0. The first-order valence-corrected chi connectivity index (χ1v) is 17.3. The van der Waals surface area contributed by atoms with E-state index in [2.05, 4.69) is 186 Å². The minimum Gasteiger partial charge on any atom is -0.311 e. The first kappa shape index (κ1) is 27.3. The normalized spacial score (nSPS) is 12.9. The number of fused-ring (bicyclic) bond motifs is 6. The maximum atomic E-state index is 2.51. The summed E-state index contributed by atoms with van der Waals surface area (Å²) < 4.78 is 2.71. The zero-order chi connectivity index (χ0) is 31.6. The van der Waals surface area contributed by atoms with Crippen molar-refractivity contribution in [3.05, 3.63) is 176 Å². The largest absolute Gasteiger partial charge is 0.311 e. The van der Waals surface area contributed by atoms with Crippen molar-refractivity contribution in [1.29, 1.82) is 0 Å². The molecule has 7 aromatic carbocycles. The summed E-state index contributed by atoms with van der Waals surface area (Å²) in [6, 6.07) is 64.2. The van der Waals surface area contributed by atoms with Crippen LogP contribution >= 0.6 is 11.3 Å². The molecule has 0 unspecified atom stereocenters. The molecule has 8 aromatic rings. The number of anilines is 6. The molecular weight excluding hydrogens is 599 g/mol. The highest BCUT2D eigenvalue weighted by molar-refractivity contribution is 7.33. The van der Waals surface area contributed by atoms with Crippen molar-refractivity contribution in [3.63, 3.8) is 0 Å². The third kappa shape index (κ3) is 4.13. The van der Waals surface area contributed by atoms with Crippen LogP contribution in [0.1, 0.15) is 0 Å². The Labute approximate surface area is 284 Å². The maximum Gasteiger partial charge on any atom is 0.264 e. The molecule has 3 heterocycles. The van der Waals surface area contributed by atoms with Crippen LogP contribution in [-0.2, 0) is 0 Å². The molecule has 2 nitrogen and oxygen atoms in total. The van der Waals surface area contributed by atoms with Gasteiger partial charge in [-0.1, -0.05) is 127 Å². The van der Waals surface area contributed by atoms with Crippen LogP contribution in [-0.4, -0.2) is 6.71 Å². The zero-order valence-electron chi connectivity index (χ0n) is 26.1. The van der Waals surface area contributed by atoms with Crippen molar-refractivity contribution in [2.24, 2.45) is 0 Å². The monoisotopic (exact) mass is 628 g/mol. The van der Waals surface area contributed by atoms with Gasteiger partial charge in [0.1, 0.15) is 0 Å². The highest BCUT2D eigenvalue weighted by Gasteiger charge is 2.45. The predicted molar refractivity (Wildman–Crippen MR) is 207 cm³/mol. The van der Waals surface area contributed by atoms with E-state index < -0.39 is 0 Å². The van der Waals surface area contributed by atoms with Gasteiger partial charge in [0.2, 0.25) is 0 Å². The van der Waals surface area contributed by atoms with Gasteiger partial charge in [-0.05, 0) is 81.7 Å². The number of hydrogen-bond donors (Lipinski definition) is 0. The molecule has 10 rings (SSSR count). The van der Waals surface area contributed by atoms with Crippen molar-refractivity contribution in [2.75, 3.05) is 9.80 Å². The van der Waals surface area contributed by atoms with Crippen molar-refractivity contribution in [1.82, 2.24) is 0 Å². The number of hydrogen-bond acceptors (Lipinski definition) is 3. The van der Waals surface area contributed by atoms with Crippen molar-refractivity contribution in [2.45, 2.75) is 0 Å². The molecule has 1 aromatic heterocycles. The van der Waals surface area contributed by atoms with Crippen LogP contribution in [0.25, 0.3) is 32.3 Å². The lowest BCUT2D eigenvalue weighted by molar-refractivity contribution is 1.26. The smallest absolute Gasteiger partial charge is 0.264 e. The van der Waals surface area contributed by atoms with Gasteiger partial charge in [0.25, 0.3) is 6.71 Å². The first-order valence-electron chi connectivity index (χ1n) is 16.5. The minimum absolute atomic E-state index is 0.108. The average molecular weight is 629 g/mol. The van der Waals surface area contributed by atoms with E-state index in [1.807, 2.05) is 11.3 Å². The highest BCUT2D eigenvalue weighted by atomic mass is 32.1. The van der Waals surface area contributed by atoms with Crippen LogP contribution in [0.3, 0.4) is 0 Å². The second-order valence-electron chi connectivity index (χ2n) is 12.5. The van der Waals surface area contributed by atoms with Gasteiger partial charge < -0.3 is 9.80 Å². The molecule has 0 spiro atoms. The van der Waals surface area contributed by atoms with Crippen LogP contribution in [0.5, 0.6) is 0 Å². The molecule has 0 amide bonds. The molecule has 0 N–H and O–H groups in total.